The molecule has 20 heavy (non-hydrogen) atoms. The largest absolute Gasteiger partial charge is 0.306 e. The van der Waals surface area contributed by atoms with Gasteiger partial charge in [0.15, 0.2) is 0 Å². The third kappa shape index (κ3) is 3.57. The zero-order valence-electron chi connectivity index (χ0n) is 13.7. The van der Waals surface area contributed by atoms with E-state index in [9.17, 15) is 0 Å². The van der Waals surface area contributed by atoms with Crippen molar-refractivity contribution in [3.63, 3.8) is 0 Å². The molecule has 2 nitrogen and oxygen atoms in total. The molecule has 0 unspecified atom stereocenters. The number of likely N-dealkylation sites (tertiary alicyclic amines) is 2. The fourth-order valence-electron chi connectivity index (χ4n) is 4.68. The molecule has 3 fully saturated rings. The molecule has 0 atom stereocenters. The second-order valence-corrected chi connectivity index (χ2v) is 8.23. The van der Waals surface area contributed by atoms with Crippen molar-refractivity contribution in [1.29, 1.82) is 0 Å². The average molecular weight is 278 g/mol. The van der Waals surface area contributed by atoms with Crippen molar-refractivity contribution in [1.82, 2.24) is 9.80 Å². The molecule has 1 saturated carbocycles. The Bertz CT molecular complexity index is 289. The first-order valence-electron chi connectivity index (χ1n) is 9.06. The van der Waals surface area contributed by atoms with Crippen LogP contribution in [0.4, 0.5) is 0 Å². The maximum Gasteiger partial charge on any atom is 0.000967 e. The Labute approximate surface area is 125 Å². The van der Waals surface area contributed by atoms with Gasteiger partial charge in [0, 0.05) is 6.54 Å². The van der Waals surface area contributed by atoms with E-state index in [1.165, 1.54) is 84.1 Å². The molecular formula is C18H34N2. The van der Waals surface area contributed by atoms with E-state index in [1.54, 1.807) is 0 Å². The van der Waals surface area contributed by atoms with Gasteiger partial charge in [0.1, 0.15) is 0 Å². The maximum atomic E-state index is 2.76. The minimum Gasteiger partial charge on any atom is -0.306 e. The van der Waals surface area contributed by atoms with Gasteiger partial charge in [-0.3, -0.25) is 0 Å². The summed E-state index contributed by atoms with van der Waals surface area (Å²) in [6, 6.07) is 0. The highest BCUT2D eigenvalue weighted by atomic mass is 15.1. The minimum absolute atomic E-state index is 0.749. The maximum absolute atomic E-state index is 2.76. The van der Waals surface area contributed by atoms with Crippen LogP contribution in [-0.2, 0) is 0 Å². The van der Waals surface area contributed by atoms with Crippen molar-refractivity contribution in [2.75, 3.05) is 39.8 Å². The summed E-state index contributed by atoms with van der Waals surface area (Å²) >= 11 is 0. The Morgan fingerprint density at radius 1 is 0.850 bits per heavy atom. The van der Waals surface area contributed by atoms with Crippen LogP contribution in [0.15, 0.2) is 0 Å². The van der Waals surface area contributed by atoms with Crippen molar-refractivity contribution < 1.29 is 0 Å². The van der Waals surface area contributed by atoms with Crippen LogP contribution >= 0.6 is 0 Å². The molecule has 2 heterocycles. The molecule has 2 saturated heterocycles. The highest BCUT2D eigenvalue weighted by Crippen LogP contribution is 2.46. The lowest BCUT2D eigenvalue weighted by Crippen LogP contribution is -2.42. The molecule has 3 rings (SSSR count). The van der Waals surface area contributed by atoms with Gasteiger partial charge in [-0.2, -0.15) is 0 Å². The van der Waals surface area contributed by atoms with E-state index in [-0.39, 0.29) is 0 Å². The van der Waals surface area contributed by atoms with Crippen molar-refractivity contribution in [3.05, 3.63) is 0 Å². The summed E-state index contributed by atoms with van der Waals surface area (Å²) in [6.45, 7) is 9.25. The van der Waals surface area contributed by atoms with E-state index in [4.69, 9.17) is 0 Å². The van der Waals surface area contributed by atoms with Crippen LogP contribution in [0.3, 0.4) is 0 Å². The Morgan fingerprint density at radius 3 is 2.05 bits per heavy atom. The summed E-state index contributed by atoms with van der Waals surface area (Å²) < 4.78 is 0. The second kappa shape index (κ2) is 6.36. The monoisotopic (exact) mass is 278 g/mol. The van der Waals surface area contributed by atoms with Gasteiger partial charge in [-0.05, 0) is 102 Å². The van der Waals surface area contributed by atoms with Crippen molar-refractivity contribution in [2.24, 2.45) is 17.3 Å². The van der Waals surface area contributed by atoms with E-state index in [1.807, 2.05) is 0 Å². The van der Waals surface area contributed by atoms with Crippen molar-refractivity contribution in [3.8, 4) is 0 Å². The third-order valence-electron chi connectivity index (χ3n) is 6.61. The highest BCUT2D eigenvalue weighted by molar-refractivity contribution is 4.90. The third-order valence-corrected chi connectivity index (χ3v) is 6.61. The molecule has 0 aromatic rings. The molecule has 0 radical (unpaired) electrons. The molecule has 0 aromatic heterocycles. The van der Waals surface area contributed by atoms with E-state index in [0.717, 1.165) is 17.3 Å². The number of piperidine rings is 2. The molecule has 1 spiro atoms. The summed E-state index contributed by atoms with van der Waals surface area (Å²) in [4.78, 5) is 5.28. The summed E-state index contributed by atoms with van der Waals surface area (Å²) in [5.74, 6) is 1.98. The lowest BCUT2D eigenvalue weighted by molar-refractivity contribution is 0.0496. The molecule has 3 aliphatic rings. The van der Waals surface area contributed by atoms with Crippen LogP contribution in [0.2, 0.25) is 0 Å². The van der Waals surface area contributed by atoms with Gasteiger partial charge in [-0.25, -0.2) is 0 Å². The minimum atomic E-state index is 0.749. The molecule has 0 bridgehead atoms. The molecule has 2 aliphatic heterocycles. The number of rotatable bonds is 2. The van der Waals surface area contributed by atoms with Gasteiger partial charge in [0.05, 0.1) is 0 Å². The lowest BCUT2D eigenvalue weighted by atomic mass is 9.65. The first-order chi connectivity index (χ1) is 9.65. The molecule has 0 N–H and O–H groups in total. The Balaban J connectivity index is 1.42. The predicted octanol–water partition coefficient (Wildman–Crippen LogP) is 3.62. The Hall–Kier alpha value is -0.0800. The SMILES string of the molecule is CC1CCN(CC2CCC3(CC2)CCN(C)CC3)CC1. The van der Waals surface area contributed by atoms with Gasteiger partial charge in [0.25, 0.3) is 0 Å². The van der Waals surface area contributed by atoms with E-state index in [2.05, 4.69) is 23.8 Å². The standard InChI is InChI=1S/C18H34N2/c1-16-5-11-20(12-6-16)15-17-3-7-18(8-4-17)9-13-19(2)14-10-18/h16-17H,3-15H2,1-2H3. The normalized spacial score (nSPS) is 30.9. The van der Waals surface area contributed by atoms with Crippen LogP contribution in [0, 0.1) is 17.3 Å². The highest BCUT2D eigenvalue weighted by Gasteiger charge is 2.37. The first kappa shape index (κ1) is 14.8. The van der Waals surface area contributed by atoms with E-state index < -0.39 is 0 Å². The fraction of sp³-hybridized carbons (Fsp3) is 1.00. The zero-order valence-corrected chi connectivity index (χ0v) is 13.7. The summed E-state index contributed by atoms with van der Waals surface area (Å²) in [5, 5.41) is 0. The van der Waals surface area contributed by atoms with Crippen LogP contribution in [0.5, 0.6) is 0 Å². The molecular weight excluding hydrogens is 244 g/mol. The molecule has 116 valence electrons. The van der Waals surface area contributed by atoms with Gasteiger partial charge >= 0.3 is 0 Å². The smallest absolute Gasteiger partial charge is 0.000967 e. The molecule has 2 heteroatoms. The van der Waals surface area contributed by atoms with E-state index in [0.29, 0.717) is 0 Å². The topological polar surface area (TPSA) is 6.48 Å². The number of hydrogen-bond acceptors (Lipinski definition) is 2. The summed E-state index contributed by atoms with van der Waals surface area (Å²) in [6.07, 6.45) is 11.9. The molecule has 0 amide bonds. The van der Waals surface area contributed by atoms with E-state index >= 15 is 0 Å². The lowest BCUT2D eigenvalue weighted by Gasteiger charge is -2.46. The second-order valence-electron chi connectivity index (χ2n) is 8.23. The zero-order chi connectivity index (χ0) is 14.0. The van der Waals surface area contributed by atoms with Gasteiger partial charge < -0.3 is 9.80 Å². The fourth-order valence-corrected chi connectivity index (χ4v) is 4.68. The van der Waals surface area contributed by atoms with Crippen LogP contribution in [0.25, 0.3) is 0 Å². The molecule has 0 aromatic carbocycles. The van der Waals surface area contributed by atoms with Crippen molar-refractivity contribution >= 4 is 0 Å². The first-order valence-corrected chi connectivity index (χ1v) is 9.06. The Kier molecular flexibility index (Phi) is 4.72. The quantitative estimate of drug-likeness (QED) is 0.761. The Morgan fingerprint density at radius 2 is 1.45 bits per heavy atom. The predicted molar refractivity (Wildman–Crippen MR) is 86.0 cm³/mol. The van der Waals surface area contributed by atoms with Crippen LogP contribution in [0.1, 0.15) is 58.3 Å². The average Bonchev–Trinajstić information content (AvgIpc) is 2.47. The van der Waals surface area contributed by atoms with Crippen LogP contribution < -0.4 is 0 Å². The van der Waals surface area contributed by atoms with Crippen LogP contribution in [-0.4, -0.2) is 49.6 Å². The molecule has 1 aliphatic carbocycles. The van der Waals surface area contributed by atoms with Crippen molar-refractivity contribution in [2.45, 2.75) is 58.3 Å². The number of nitrogens with zero attached hydrogens (tertiary/aromatic N) is 2. The summed E-state index contributed by atoms with van der Waals surface area (Å²) in [7, 11) is 2.29. The van der Waals surface area contributed by atoms with Gasteiger partial charge in [-0.1, -0.05) is 6.92 Å². The van der Waals surface area contributed by atoms with Gasteiger partial charge in [0.2, 0.25) is 0 Å². The summed E-state index contributed by atoms with van der Waals surface area (Å²) in [5.41, 5.74) is 0.749. The van der Waals surface area contributed by atoms with Gasteiger partial charge in [-0.15, -0.1) is 0 Å². The number of hydrogen-bond donors (Lipinski definition) is 0.